The number of nitrogens with zero attached hydrogens (tertiary/aromatic N) is 2. The summed E-state index contributed by atoms with van der Waals surface area (Å²) < 4.78 is 28.8. The molecule has 1 aliphatic carbocycles. The summed E-state index contributed by atoms with van der Waals surface area (Å²) in [5, 5.41) is 3.58. The first-order valence-electron chi connectivity index (χ1n) is 13.8. The summed E-state index contributed by atoms with van der Waals surface area (Å²) in [6.07, 6.45) is 4.30. The molecule has 3 aromatic carbocycles. The van der Waals surface area contributed by atoms with Crippen LogP contribution in [0.15, 0.2) is 77.7 Å². The van der Waals surface area contributed by atoms with Crippen molar-refractivity contribution in [1.29, 1.82) is 0 Å². The van der Waals surface area contributed by atoms with Gasteiger partial charge in [0.1, 0.15) is 12.6 Å². The minimum Gasteiger partial charge on any atom is -0.352 e. The van der Waals surface area contributed by atoms with Gasteiger partial charge in [-0.1, -0.05) is 85.4 Å². The zero-order chi connectivity index (χ0) is 29.6. The Morgan fingerprint density at radius 3 is 2.17 bits per heavy atom. The van der Waals surface area contributed by atoms with E-state index < -0.39 is 28.5 Å². The third-order valence-corrected chi connectivity index (χ3v) is 9.66. The quantitative estimate of drug-likeness (QED) is 0.272. The average molecular weight is 617 g/mol. The number of hydrogen-bond acceptors (Lipinski definition) is 4. The molecule has 4 rings (SSSR count). The zero-order valence-electron chi connectivity index (χ0n) is 23.2. The summed E-state index contributed by atoms with van der Waals surface area (Å²) in [4.78, 5) is 29.3. The number of aryl methyl sites for hydroxylation is 1. The van der Waals surface area contributed by atoms with E-state index in [4.69, 9.17) is 23.2 Å². The smallest absolute Gasteiger partial charge is 0.264 e. The fraction of sp³-hybridized carbons (Fsp3) is 0.355. The van der Waals surface area contributed by atoms with Crippen molar-refractivity contribution in [2.75, 3.05) is 10.8 Å². The van der Waals surface area contributed by atoms with Crippen molar-refractivity contribution < 1.29 is 18.0 Å². The standard InChI is InChI=1S/C31H35Cl2N3O4S/c1-3-29(31(38)34-26-13-9-10-14-26)35(20-23-12-8-7-11-22(23)2)30(37)21-36(27-18-24(32)17-25(33)19-27)41(39,40)28-15-5-4-6-16-28/h4-8,11-12,15-19,26,29H,3,9-10,13-14,20-21H2,1-2H3,(H,34,38)/t29-/m1/s1. The molecule has 0 heterocycles. The number of carbonyl (C=O) groups is 2. The third-order valence-electron chi connectivity index (χ3n) is 7.43. The number of nitrogens with one attached hydrogen (secondary N) is 1. The molecular weight excluding hydrogens is 581 g/mol. The number of halogens is 2. The Bertz CT molecular complexity index is 1460. The van der Waals surface area contributed by atoms with E-state index in [0.717, 1.165) is 41.1 Å². The van der Waals surface area contributed by atoms with Crippen molar-refractivity contribution in [3.63, 3.8) is 0 Å². The van der Waals surface area contributed by atoms with E-state index >= 15 is 0 Å². The monoisotopic (exact) mass is 615 g/mol. The molecule has 1 atom stereocenters. The van der Waals surface area contributed by atoms with Crippen LogP contribution >= 0.6 is 23.2 Å². The average Bonchev–Trinajstić information content (AvgIpc) is 3.45. The first kappa shape index (κ1) is 30.9. The maximum absolute atomic E-state index is 14.2. The summed E-state index contributed by atoms with van der Waals surface area (Å²) in [6.45, 7) is 3.40. The van der Waals surface area contributed by atoms with Gasteiger partial charge < -0.3 is 10.2 Å². The predicted octanol–water partition coefficient (Wildman–Crippen LogP) is 6.36. The van der Waals surface area contributed by atoms with E-state index in [1.54, 1.807) is 18.2 Å². The van der Waals surface area contributed by atoms with Crippen molar-refractivity contribution in [1.82, 2.24) is 10.2 Å². The van der Waals surface area contributed by atoms with Gasteiger partial charge in [-0.2, -0.15) is 0 Å². The van der Waals surface area contributed by atoms with Crippen LogP contribution in [-0.4, -0.2) is 43.8 Å². The molecule has 1 aliphatic rings. The highest BCUT2D eigenvalue weighted by Gasteiger charge is 2.35. The number of hydrogen-bond donors (Lipinski definition) is 1. The van der Waals surface area contributed by atoms with Gasteiger partial charge in [-0.15, -0.1) is 0 Å². The Morgan fingerprint density at radius 1 is 0.951 bits per heavy atom. The van der Waals surface area contributed by atoms with Crippen molar-refractivity contribution in [2.45, 2.75) is 69.5 Å². The van der Waals surface area contributed by atoms with Crippen molar-refractivity contribution in [3.05, 3.63) is 94.0 Å². The van der Waals surface area contributed by atoms with Crippen LogP contribution in [0.2, 0.25) is 10.0 Å². The molecule has 3 aromatic rings. The number of carbonyl (C=O) groups excluding carboxylic acids is 2. The number of sulfonamides is 1. The van der Waals surface area contributed by atoms with Gasteiger partial charge in [0.25, 0.3) is 10.0 Å². The van der Waals surface area contributed by atoms with Gasteiger partial charge in [0.2, 0.25) is 11.8 Å². The second-order valence-electron chi connectivity index (χ2n) is 10.3. The SMILES string of the molecule is CC[C@H](C(=O)NC1CCCC1)N(Cc1ccccc1C)C(=O)CN(c1cc(Cl)cc(Cl)c1)S(=O)(=O)c1ccccc1. The van der Waals surface area contributed by atoms with Crippen LogP contribution in [0.3, 0.4) is 0 Å². The van der Waals surface area contributed by atoms with Gasteiger partial charge in [0, 0.05) is 22.6 Å². The molecule has 0 aliphatic heterocycles. The number of rotatable bonds is 11. The molecule has 7 nitrogen and oxygen atoms in total. The summed E-state index contributed by atoms with van der Waals surface area (Å²) in [6, 6.07) is 19.2. The van der Waals surface area contributed by atoms with Crippen LogP contribution in [-0.2, 0) is 26.2 Å². The molecule has 0 spiro atoms. The van der Waals surface area contributed by atoms with Gasteiger partial charge in [0.15, 0.2) is 0 Å². The summed E-state index contributed by atoms with van der Waals surface area (Å²) >= 11 is 12.5. The molecule has 218 valence electrons. The summed E-state index contributed by atoms with van der Waals surface area (Å²) in [7, 11) is -4.20. The predicted molar refractivity (Wildman–Crippen MR) is 164 cm³/mol. The van der Waals surface area contributed by atoms with Crippen LogP contribution in [0.1, 0.15) is 50.2 Å². The topological polar surface area (TPSA) is 86.8 Å². The first-order chi connectivity index (χ1) is 19.6. The van der Waals surface area contributed by atoms with Crippen molar-refractivity contribution in [3.8, 4) is 0 Å². The van der Waals surface area contributed by atoms with Gasteiger partial charge in [0.05, 0.1) is 10.6 Å². The largest absolute Gasteiger partial charge is 0.352 e. The van der Waals surface area contributed by atoms with Crippen LogP contribution in [0, 0.1) is 6.92 Å². The Hall–Kier alpha value is -3.07. The molecule has 1 N–H and O–H groups in total. The van der Waals surface area contributed by atoms with Crippen LogP contribution < -0.4 is 9.62 Å². The lowest BCUT2D eigenvalue weighted by molar-refractivity contribution is -0.140. The minimum atomic E-state index is -4.20. The highest BCUT2D eigenvalue weighted by atomic mass is 35.5. The van der Waals surface area contributed by atoms with Crippen molar-refractivity contribution >= 4 is 50.7 Å². The van der Waals surface area contributed by atoms with Gasteiger partial charge in [-0.3, -0.25) is 13.9 Å². The molecule has 0 aromatic heterocycles. The van der Waals surface area contributed by atoms with Gasteiger partial charge in [-0.05, 0) is 67.6 Å². The Kier molecular flexibility index (Phi) is 10.3. The molecule has 1 saturated carbocycles. The van der Waals surface area contributed by atoms with Gasteiger partial charge in [-0.25, -0.2) is 8.42 Å². The number of benzene rings is 3. The van der Waals surface area contributed by atoms with E-state index in [-0.39, 0.29) is 39.1 Å². The van der Waals surface area contributed by atoms with E-state index in [1.807, 2.05) is 38.1 Å². The maximum Gasteiger partial charge on any atom is 0.264 e. The third kappa shape index (κ3) is 7.61. The molecular formula is C31H35Cl2N3O4S. The highest BCUT2D eigenvalue weighted by Crippen LogP contribution is 2.30. The molecule has 0 saturated heterocycles. The molecule has 0 unspecified atom stereocenters. The normalized spacial score (nSPS) is 14.4. The molecule has 10 heteroatoms. The Labute approximate surface area is 252 Å². The molecule has 41 heavy (non-hydrogen) atoms. The lowest BCUT2D eigenvalue weighted by atomic mass is 10.1. The zero-order valence-corrected chi connectivity index (χ0v) is 25.6. The van der Waals surface area contributed by atoms with Crippen LogP contribution in [0.4, 0.5) is 5.69 Å². The van der Waals surface area contributed by atoms with Crippen molar-refractivity contribution in [2.24, 2.45) is 0 Å². The van der Waals surface area contributed by atoms with Gasteiger partial charge >= 0.3 is 0 Å². The molecule has 2 amide bonds. The Morgan fingerprint density at radius 2 is 1.56 bits per heavy atom. The van der Waals surface area contributed by atoms with E-state index in [9.17, 15) is 18.0 Å². The maximum atomic E-state index is 14.2. The lowest BCUT2D eigenvalue weighted by Gasteiger charge is -2.34. The highest BCUT2D eigenvalue weighted by molar-refractivity contribution is 7.92. The lowest BCUT2D eigenvalue weighted by Crippen LogP contribution is -2.53. The second kappa shape index (κ2) is 13.7. The first-order valence-corrected chi connectivity index (χ1v) is 16.0. The van der Waals surface area contributed by atoms with Crippen LogP contribution in [0.25, 0.3) is 0 Å². The van der Waals surface area contributed by atoms with E-state index in [1.165, 1.54) is 35.2 Å². The van der Waals surface area contributed by atoms with Crippen LogP contribution in [0.5, 0.6) is 0 Å². The fourth-order valence-electron chi connectivity index (χ4n) is 5.19. The number of amides is 2. The molecule has 1 fully saturated rings. The molecule has 0 bridgehead atoms. The summed E-state index contributed by atoms with van der Waals surface area (Å²) in [5.41, 5.74) is 1.99. The minimum absolute atomic E-state index is 0.0142. The number of anilines is 1. The van der Waals surface area contributed by atoms with E-state index in [2.05, 4.69) is 5.32 Å². The second-order valence-corrected chi connectivity index (χ2v) is 13.0. The van der Waals surface area contributed by atoms with E-state index in [0.29, 0.717) is 6.42 Å². The fourth-order valence-corrected chi connectivity index (χ4v) is 7.12. The Balaban J connectivity index is 1.74. The summed E-state index contributed by atoms with van der Waals surface area (Å²) in [5.74, 6) is -0.748. The molecule has 0 radical (unpaired) electrons.